The quantitative estimate of drug-likeness (QED) is 0.192. The van der Waals surface area contributed by atoms with Crippen LogP contribution in [0.25, 0.3) is 16.6 Å². The van der Waals surface area contributed by atoms with Gasteiger partial charge in [0.15, 0.2) is 5.16 Å². The van der Waals surface area contributed by atoms with E-state index in [2.05, 4.69) is 15.5 Å². The summed E-state index contributed by atoms with van der Waals surface area (Å²) in [6.07, 6.45) is 0. The number of fused-ring (bicyclic) bond motifs is 1. The molecule has 0 spiro atoms. The lowest BCUT2D eigenvalue weighted by atomic mass is 10.2. The van der Waals surface area contributed by atoms with Gasteiger partial charge < -0.3 is 14.8 Å². The smallest absolute Gasteiger partial charge is 0.266 e. The lowest BCUT2D eigenvalue weighted by Gasteiger charge is -2.13. The highest BCUT2D eigenvalue weighted by atomic mass is 35.5. The van der Waals surface area contributed by atoms with Crippen LogP contribution in [0.1, 0.15) is 5.01 Å². The van der Waals surface area contributed by atoms with E-state index in [1.54, 1.807) is 49.1 Å². The first kappa shape index (κ1) is 24.1. The predicted molar refractivity (Wildman–Crippen MR) is 145 cm³/mol. The molecule has 0 unspecified atom stereocenters. The van der Waals surface area contributed by atoms with Crippen LogP contribution in [0.5, 0.6) is 11.5 Å². The molecular formula is C25H20ClN5O3S2. The standard InChI is InChI=1S/C25H20ClN5O3S2/c1-33-18-8-4-16(5-9-18)27-24-30-29-22(36-24)14-35-25-28-21-12-3-15(26)13-20(21)23(32)31(25)17-6-10-19(34-2)11-7-17/h3-13H,14H2,1-2H3,(H,27,30). The van der Waals surface area contributed by atoms with E-state index in [1.165, 1.54) is 23.1 Å². The summed E-state index contributed by atoms with van der Waals surface area (Å²) in [4.78, 5) is 18.3. The van der Waals surface area contributed by atoms with Gasteiger partial charge in [0.05, 0.1) is 36.6 Å². The molecule has 0 amide bonds. The lowest BCUT2D eigenvalue weighted by molar-refractivity contribution is 0.414. The molecule has 2 heterocycles. The lowest BCUT2D eigenvalue weighted by Crippen LogP contribution is -2.21. The molecule has 0 saturated heterocycles. The van der Waals surface area contributed by atoms with Crippen LogP contribution in [-0.2, 0) is 5.75 Å². The summed E-state index contributed by atoms with van der Waals surface area (Å²) in [5.74, 6) is 1.97. The number of benzene rings is 3. The van der Waals surface area contributed by atoms with Crippen molar-refractivity contribution in [3.63, 3.8) is 0 Å². The molecule has 0 bridgehead atoms. The molecule has 3 aromatic carbocycles. The monoisotopic (exact) mass is 537 g/mol. The van der Waals surface area contributed by atoms with E-state index in [0.29, 0.717) is 43.4 Å². The normalized spacial score (nSPS) is 11.0. The van der Waals surface area contributed by atoms with E-state index in [0.717, 1.165) is 16.4 Å². The van der Waals surface area contributed by atoms with Crippen LogP contribution in [0.3, 0.4) is 0 Å². The first-order chi connectivity index (χ1) is 17.5. The van der Waals surface area contributed by atoms with Crippen LogP contribution in [0, 0.1) is 0 Å². The average molecular weight is 538 g/mol. The molecule has 5 rings (SSSR count). The van der Waals surface area contributed by atoms with Crippen molar-refractivity contribution < 1.29 is 9.47 Å². The second-order valence-corrected chi connectivity index (χ2v) is 9.98. The van der Waals surface area contributed by atoms with Gasteiger partial charge in [-0.25, -0.2) is 4.98 Å². The van der Waals surface area contributed by atoms with E-state index in [4.69, 9.17) is 26.1 Å². The molecule has 36 heavy (non-hydrogen) atoms. The van der Waals surface area contributed by atoms with Gasteiger partial charge in [-0.1, -0.05) is 34.7 Å². The first-order valence-corrected chi connectivity index (χ1v) is 12.9. The van der Waals surface area contributed by atoms with Gasteiger partial charge in [0.2, 0.25) is 5.13 Å². The maximum atomic E-state index is 13.5. The molecule has 0 aliphatic heterocycles. The van der Waals surface area contributed by atoms with Gasteiger partial charge in [-0.05, 0) is 66.7 Å². The van der Waals surface area contributed by atoms with Crippen molar-refractivity contribution in [3.8, 4) is 17.2 Å². The molecule has 0 aliphatic rings. The van der Waals surface area contributed by atoms with E-state index in [-0.39, 0.29) is 5.56 Å². The number of nitrogens with zero attached hydrogens (tertiary/aromatic N) is 4. The summed E-state index contributed by atoms with van der Waals surface area (Å²) in [6, 6.07) is 19.9. The number of methoxy groups -OCH3 is 2. The minimum Gasteiger partial charge on any atom is -0.497 e. The minimum absolute atomic E-state index is 0.200. The third-order valence-corrected chi connectivity index (χ3v) is 7.47. The Bertz CT molecular complexity index is 1570. The number of rotatable bonds is 8. The summed E-state index contributed by atoms with van der Waals surface area (Å²) in [5, 5.41) is 14.7. The highest BCUT2D eigenvalue weighted by Gasteiger charge is 2.15. The zero-order chi connectivity index (χ0) is 25.1. The fraction of sp³-hybridized carbons (Fsp3) is 0.120. The van der Waals surface area contributed by atoms with E-state index >= 15 is 0 Å². The number of ether oxygens (including phenoxy) is 2. The molecule has 0 aliphatic carbocycles. The van der Waals surface area contributed by atoms with Crippen molar-refractivity contribution in [2.45, 2.75) is 10.9 Å². The Morgan fingerprint density at radius 2 is 1.67 bits per heavy atom. The Morgan fingerprint density at radius 1 is 0.972 bits per heavy atom. The Kier molecular flexibility index (Phi) is 7.08. The third kappa shape index (κ3) is 5.15. The van der Waals surface area contributed by atoms with Gasteiger partial charge in [-0.3, -0.25) is 9.36 Å². The SMILES string of the molecule is COc1ccc(Nc2nnc(CSc3nc4ccc(Cl)cc4c(=O)n3-c3ccc(OC)cc3)s2)cc1. The van der Waals surface area contributed by atoms with Crippen molar-refractivity contribution in [1.29, 1.82) is 0 Å². The highest BCUT2D eigenvalue weighted by molar-refractivity contribution is 7.98. The number of nitrogens with one attached hydrogen (secondary N) is 1. The van der Waals surface area contributed by atoms with Crippen LogP contribution in [0.15, 0.2) is 76.7 Å². The summed E-state index contributed by atoms with van der Waals surface area (Å²) < 4.78 is 12.0. The zero-order valence-electron chi connectivity index (χ0n) is 19.3. The number of halogens is 1. The fourth-order valence-electron chi connectivity index (χ4n) is 3.48. The Labute approximate surface area is 219 Å². The molecule has 1 N–H and O–H groups in total. The molecule has 5 aromatic rings. The van der Waals surface area contributed by atoms with Crippen LogP contribution < -0.4 is 20.3 Å². The van der Waals surface area contributed by atoms with Crippen molar-refractivity contribution in [3.05, 3.63) is 87.1 Å². The number of hydrogen-bond donors (Lipinski definition) is 1. The number of hydrogen-bond acceptors (Lipinski definition) is 9. The highest BCUT2D eigenvalue weighted by Crippen LogP contribution is 2.29. The Hall–Kier alpha value is -3.60. The van der Waals surface area contributed by atoms with Gasteiger partial charge in [0.25, 0.3) is 5.56 Å². The van der Waals surface area contributed by atoms with Crippen LogP contribution >= 0.6 is 34.7 Å². The third-order valence-electron chi connectivity index (χ3n) is 5.26. The summed E-state index contributed by atoms with van der Waals surface area (Å²) in [5.41, 5.74) is 1.94. The summed E-state index contributed by atoms with van der Waals surface area (Å²) in [7, 11) is 3.23. The van der Waals surface area contributed by atoms with E-state index < -0.39 is 0 Å². The van der Waals surface area contributed by atoms with E-state index in [9.17, 15) is 4.79 Å². The first-order valence-electron chi connectivity index (χ1n) is 10.8. The van der Waals surface area contributed by atoms with Gasteiger partial charge in [-0.2, -0.15) is 0 Å². The molecule has 0 atom stereocenters. The van der Waals surface area contributed by atoms with Gasteiger partial charge in [0, 0.05) is 10.7 Å². The molecule has 182 valence electrons. The molecule has 2 aromatic heterocycles. The molecule has 11 heteroatoms. The van der Waals surface area contributed by atoms with Crippen LogP contribution in [0.4, 0.5) is 10.8 Å². The second-order valence-electron chi connectivity index (χ2n) is 7.54. The average Bonchev–Trinajstić information content (AvgIpc) is 3.35. The van der Waals surface area contributed by atoms with Crippen molar-refractivity contribution in [1.82, 2.24) is 19.7 Å². The largest absolute Gasteiger partial charge is 0.497 e. The van der Waals surface area contributed by atoms with Crippen LogP contribution in [-0.4, -0.2) is 34.0 Å². The molecule has 0 radical (unpaired) electrons. The number of aromatic nitrogens is 4. The minimum atomic E-state index is -0.200. The van der Waals surface area contributed by atoms with Crippen LogP contribution in [0.2, 0.25) is 5.02 Å². The fourth-order valence-corrected chi connectivity index (χ4v) is 5.41. The Balaban J connectivity index is 1.43. The van der Waals surface area contributed by atoms with E-state index in [1.807, 2.05) is 36.4 Å². The predicted octanol–water partition coefficient (Wildman–Crippen LogP) is 5.94. The molecular weight excluding hydrogens is 518 g/mol. The van der Waals surface area contributed by atoms with Crippen molar-refractivity contribution in [2.75, 3.05) is 19.5 Å². The maximum Gasteiger partial charge on any atom is 0.266 e. The summed E-state index contributed by atoms with van der Waals surface area (Å²) in [6.45, 7) is 0. The molecule has 0 saturated carbocycles. The summed E-state index contributed by atoms with van der Waals surface area (Å²) >= 11 is 9.01. The number of thioether (sulfide) groups is 1. The Morgan fingerprint density at radius 3 is 2.36 bits per heavy atom. The van der Waals surface area contributed by atoms with Crippen molar-refractivity contribution >= 4 is 56.4 Å². The zero-order valence-corrected chi connectivity index (χ0v) is 21.7. The topological polar surface area (TPSA) is 91.2 Å². The van der Waals surface area contributed by atoms with Crippen molar-refractivity contribution in [2.24, 2.45) is 0 Å². The maximum absolute atomic E-state index is 13.5. The molecule has 0 fully saturated rings. The number of anilines is 2. The van der Waals surface area contributed by atoms with Gasteiger partial charge >= 0.3 is 0 Å². The molecule has 8 nitrogen and oxygen atoms in total. The second kappa shape index (κ2) is 10.6. The van der Waals surface area contributed by atoms with Gasteiger partial charge in [-0.15, -0.1) is 10.2 Å². The van der Waals surface area contributed by atoms with Gasteiger partial charge in [0.1, 0.15) is 16.5 Å².